The molecule has 0 saturated heterocycles. The van der Waals surface area contributed by atoms with Gasteiger partial charge < -0.3 is 15.2 Å². The van der Waals surface area contributed by atoms with Gasteiger partial charge in [-0.1, -0.05) is 35.3 Å². The molecule has 0 fully saturated rings. The molecule has 2 unspecified atom stereocenters. The maximum absolute atomic E-state index is 9.84. The van der Waals surface area contributed by atoms with Gasteiger partial charge >= 0.3 is 0 Å². The molecule has 3 nitrogen and oxygen atoms in total. The Balaban J connectivity index is 2.05. The third-order valence-electron chi connectivity index (χ3n) is 3.47. The smallest absolute Gasteiger partial charge is 0.125 e. The molecule has 0 bridgehead atoms. The second kappa shape index (κ2) is 7.27. The van der Waals surface area contributed by atoms with E-state index in [4.69, 9.17) is 4.74 Å². The molecule has 4 heteroatoms. The Morgan fingerprint density at radius 3 is 3.16 bits per heavy atom. The molecule has 1 aliphatic rings. The van der Waals surface area contributed by atoms with Crippen molar-refractivity contribution in [3.05, 3.63) is 28.2 Å². The highest BCUT2D eigenvalue weighted by Gasteiger charge is 2.20. The Morgan fingerprint density at radius 2 is 2.37 bits per heavy atom. The van der Waals surface area contributed by atoms with Crippen LogP contribution in [0.25, 0.3) is 0 Å². The van der Waals surface area contributed by atoms with Crippen molar-refractivity contribution in [2.24, 2.45) is 0 Å². The van der Waals surface area contributed by atoms with E-state index in [0.29, 0.717) is 6.54 Å². The lowest BCUT2D eigenvalue weighted by Crippen LogP contribution is -2.30. The minimum Gasteiger partial charge on any atom is -0.493 e. The highest BCUT2D eigenvalue weighted by molar-refractivity contribution is 9.10. The van der Waals surface area contributed by atoms with Crippen LogP contribution in [0.5, 0.6) is 5.75 Å². The molecule has 0 radical (unpaired) electrons. The minimum absolute atomic E-state index is 0.256. The van der Waals surface area contributed by atoms with E-state index in [0.717, 1.165) is 42.5 Å². The number of nitrogens with one attached hydrogen (secondary N) is 1. The van der Waals surface area contributed by atoms with Gasteiger partial charge in [-0.25, -0.2) is 0 Å². The number of aliphatic hydroxyl groups is 1. The van der Waals surface area contributed by atoms with Crippen LogP contribution in [0.2, 0.25) is 0 Å². The second-order valence-corrected chi connectivity index (χ2v) is 5.99. The number of fused-ring (bicyclic) bond motifs is 1. The third-order valence-corrected chi connectivity index (χ3v) is 3.96. The predicted molar refractivity (Wildman–Crippen MR) is 80.5 cm³/mol. The second-order valence-electron chi connectivity index (χ2n) is 5.08. The van der Waals surface area contributed by atoms with Gasteiger partial charge in [-0.05, 0) is 31.4 Å². The molecule has 0 amide bonds. The molecule has 0 aromatic heterocycles. The SMILES string of the molecule is CCCC(O)CNC1CCCOc2cc(Br)ccc21. The zero-order chi connectivity index (χ0) is 13.7. The molecule has 1 aromatic rings. The van der Waals surface area contributed by atoms with Crippen LogP contribution in [0.15, 0.2) is 22.7 Å². The van der Waals surface area contributed by atoms with Crippen molar-refractivity contribution < 1.29 is 9.84 Å². The van der Waals surface area contributed by atoms with Gasteiger partial charge in [0.15, 0.2) is 0 Å². The van der Waals surface area contributed by atoms with Crippen molar-refractivity contribution >= 4 is 15.9 Å². The summed E-state index contributed by atoms with van der Waals surface area (Å²) in [7, 11) is 0. The molecule has 106 valence electrons. The Morgan fingerprint density at radius 1 is 1.53 bits per heavy atom. The molecule has 0 saturated carbocycles. The maximum Gasteiger partial charge on any atom is 0.125 e. The summed E-state index contributed by atoms with van der Waals surface area (Å²) in [5.41, 5.74) is 1.20. The lowest BCUT2D eigenvalue weighted by molar-refractivity contribution is 0.155. The van der Waals surface area contributed by atoms with Gasteiger partial charge in [-0.2, -0.15) is 0 Å². The summed E-state index contributed by atoms with van der Waals surface area (Å²) in [5.74, 6) is 0.953. The monoisotopic (exact) mass is 327 g/mol. The fraction of sp³-hybridized carbons (Fsp3) is 0.600. The Labute approximate surface area is 123 Å². The fourth-order valence-corrected chi connectivity index (χ4v) is 2.81. The van der Waals surface area contributed by atoms with Crippen LogP contribution >= 0.6 is 15.9 Å². The van der Waals surface area contributed by atoms with Crippen molar-refractivity contribution in [3.63, 3.8) is 0 Å². The molecule has 1 heterocycles. The van der Waals surface area contributed by atoms with E-state index in [-0.39, 0.29) is 12.1 Å². The molecular weight excluding hydrogens is 306 g/mol. The zero-order valence-corrected chi connectivity index (χ0v) is 12.9. The van der Waals surface area contributed by atoms with E-state index in [9.17, 15) is 5.11 Å². The molecule has 1 aliphatic heterocycles. The van der Waals surface area contributed by atoms with Crippen molar-refractivity contribution in [1.29, 1.82) is 0 Å². The summed E-state index contributed by atoms with van der Waals surface area (Å²) in [6.45, 7) is 3.50. The highest BCUT2D eigenvalue weighted by Crippen LogP contribution is 2.33. The van der Waals surface area contributed by atoms with Gasteiger partial charge in [0.05, 0.1) is 12.7 Å². The number of hydrogen-bond donors (Lipinski definition) is 2. The molecule has 1 aromatic carbocycles. The van der Waals surface area contributed by atoms with Crippen molar-refractivity contribution in [1.82, 2.24) is 5.32 Å². The molecule has 0 aliphatic carbocycles. The number of halogens is 1. The summed E-state index contributed by atoms with van der Waals surface area (Å²) < 4.78 is 6.82. The number of ether oxygens (including phenoxy) is 1. The topological polar surface area (TPSA) is 41.5 Å². The summed E-state index contributed by atoms with van der Waals surface area (Å²) in [6.07, 6.45) is 3.69. The molecule has 0 spiro atoms. The molecule has 2 rings (SSSR count). The number of rotatable bonds is 5. The first kappa shape index (κ1) is 14.8. The van der Waals surface area contributed by atoms with Crippen LogP contribution in [-0.4, -0.2) is 24.4 Å². The Bertz CT molecular complexity index is 411. The average molecular weight is 328 g/mol. The lowest BCUT2D eigenvalue weighted by atomic mass is 10.0. The fourth-order valence-electron chi connectivity index (χ4n) is 2.47. The van der Waals surface area contributed by atoms with E-state index in [1.807, 2.05) is 12.1 Å². The number of benzene rings is 1. The van der Waals surface area contributed by atoms with Gasteiger partial charge in [0.1, 0.15) is 5.75 Å². The van der Waals surface area contributed by atoms with Crippen LogP contribution in [0.1, 0.15) is 44.2 Å². The Hall–Kier alpha value is -0.580. The first-order valence-corrected chi connectivity index (χ1v) is 7.83. The summed E-state index contributed by atoms with van der Waals surface area (Å²) in [6, 6.07) is 6.45. The van der Waals surface area contributed by atoms with Crippen LogP contribution < -0.4 is 10.1 Å². The summed E-state index contributed by atoms with van der Waals surface area (Å²) >= 11 is 3.48. The van der Waals surface area contributed by atoms with E-state index in [2.05, 4.69) is 34.2 Å². The van der Waals surface area contributed by atoms with Gasteiger partial charge in [-0.3, -0.25) is 0 Å². The van der Waals surface area contributed by atoms with E-state index >= 15 is 0 Å². The first-order chi connectivity index (χ1) is 9.20. The van der Waals surface area contributed by atoms with Gasteiger partial charge in [0, 0.05) is 22.6 Å². The molecule has 2 atom stereocenters. The highest BCUT2D eigenvalue weighted by atomic mass is 79.9. The molecule has 2 N–H and O–H groups in total. The van der Waals surface area contributed by atoms with E-state index in [1.165, 1.54) is 5.56 Å². The Kier molecular flexibility index (Phi) is 5.67. The summed E-state index contributed by atoms with van der Waals surface area (Å²) in [5, 5.41) is 13.3. The summed E-state index contributed by atoms with van der Waals surface area (Å²) in [4.78, 5) is 0. The predicted octanol–water partition coefficient (Wildman–Crippen LogP) is 3.41. The van der Waals surface area contributed by atoms with Crippen LogP contribution in [0.3, 0.4) is 0 Å². The normalized spacial score (nSPS) is 20.3. The van der Waals surface area contributed by atoms with Crippen molar-refractivity contribution in [3.8, 4) is 5.75 Å². The molecular formula is C15H22BrNO2. The van der Waals surface area contributed by atoms with Gasteiger partial charge in [0.25, 0.3) is 0 Å². The van der Waals surface area contributed by atoms with E-state index in [1.54, 1.807) is 0 Å². The van der Waals surface area contributed by atoms with Crippen molar-refractivity contribution in [2.45, 2.75) is 44.8 Å². The standard InChI is InChI=1S/C15H22BrNO2/c1-2-4-12(18)10-17-14-5-3-8-19-15-9-11(16)6-7-13(14)15/h6-7,9,12,14,17-18H,2-5,8,10H2,1H3. The maximum atomic E-state index is 9.84. The molecule has 19 heavy (non-hydrogen) atoms. The number of aliphatic hydroxyl groups excluding tert-OH is 1. The zero-order valence-electron chi connectivity index (χ0n) is 11.4. The largest absolute Gasteiger partial charge is 0.493 e. The van der Waals surface area contributed by atoms with E-state index < -0.39 is 0 Å². The lowest BCUT2D eigenvalue weighted by Gasteiger charge is -2.20. The first-order valence-electron chi connectivity index (χ1n) is 7.04. The van der Waals surface area contributed by atoms with Crippen LogP contribution in [0.4, 0.5) is 0 Å². The third kappa shape index (κ3) is 4.20. The van der Waals surface area contributed by atoms with Crippen LogP contribution in [0, 0.1) is 0 Å². The van der Waals surface area contributed by atoms with Crippen LogP contribution in [-0.2, 0) is 0 Å². The van der Waals surface area contributed by atoms with Gasteiger partial charge in [0.2, 0.25) is 0 Å². The number of hydrogen-bond acceptors (Lipinski definition) is 3. The van der Waals surface area contributed by atoms with Crippen molar-refractivity contribution in [2.75, 3.05) is 13.2 Å². The quantitative estimate of drug-likeness (QED) is 0.870. The van der Waals surface area contributed by atoms with Gasteiger partial charge in [-0.15, -0.1) is 0 Å². The minimum atomic E-state index is -0.256. The average Bonchev–Trinajstić information content (AvgIpc) is 2.58.